The molecule has 0 bridgehead atoms. The first-order valence-electron chi connectivity index (χ1n) is 5.73. The lowest BCUT2D eigenvalue weighted by atomic mass is 10.1. The highest BCUT2D eigenvalue weighted by atomic mass is 15.0. The Labute approximate surface area is 96.9 Å². The topological polar surface area (TPSA) is 17.0 Å². The highest BCUT2D eigenvalue weighted by Gasteiger charge is 2.00. The molecule has 2 rings (SSSR count). The number of aromatic nitrogens is 1. The van der Waals surface area contributed by atoms with Gasteiger partial charge in [0, 0.05) is 24.6 Å². The van der Waals surface area contributed by atoms with E-state index in [1.807, 2.05) is 0 Å². The minimum atomic E-state index is 0.876. The van der Waals surface area contributed by atoms with Crippen molar-refractivity contribution < 1.29 is 0 Å². The van der Waals surface area contributed by atoms with Crippen LogP contribution in [0, 0.1) is 0 Å². The molecular formula is C14H18N2. The number of nitrogens with one attached hydrogen (secondary N) is 1. The van der Waals surface area contributed by atoms with Crippen LogP contribution in [0.25, 0.3) is 0 Å². The second kappa shape index (κ2) is 4.88. The summed E-state index contributed by atoms with van der Waals surface area (Å²) in [6.07, 6.45) is 3.14. The van der Waals surface area contributed by atoms with Gasteiger partial charge in [0.1, 0.15) is 0 Å². The summed E-state index contributed by atoms with van der Waals surface area (Å²) < 4.78 is 2.14. The van der Waals surface area contributed by atoms with E-state index in [-0.39, 0.29) is 0 Å². The number of para-hydroxylation sites is 1. The SMILES string of the molecule is CCc1ccccc1NCc1cccn1C. The van der Waals surface area contributed by atoms with Crippen molar-refractivity contribution >= 4 is 5.69 Å². The molecule has 0 aliphatic carbocycles. The molecule has 2 aromatic rings. The average molecular weight is 214 g/mol. The number of rotatable bonds is 4. The normalized spacial score (nSPS) is 10.4. The molecule has 2 nitrogen and oxygen atoms in total. The lowest BCUT2D eigenvalue weighted by Crippen LogP contribution is -2.05. The number of hydrogen-bond donors (Lipinski definition) is 1. The molecule has 0 saturated carbocycles. The van der Waals surface area contributed by atoms with E-state index in [0.717, 1.165) is 13.0 Å². The number of aryl methyl sites for hydroxylation is 2. The Hall–Kier alpha value is -1.70. The van der Waals surface area contributed by atoms with Crippen LogP contribution >= 0.6 is 0 Å². The summed E-state index contributed by atoms with van der Waals surface area (Å²) in [4.78, 5) is 0. The summed E-state index contributed by atoms with van der Waals surface area (Å²) in [6, 6.07) is 12.7. The Balaban J connectivity index is 2.07. The van der Waals surface area contributed by atoms with Crippen LogP contribution in [0.5, 0.6) is 0 Å². The third-order valence-corrected chi connectivity index (χ3v) is 2.91. The molecule has 0 spiro atoms. The lowest BCUT2D eigenvalue weighted by molar-refractivity contribution is 0.841. The third kappa shape index (κ3) is 2.27. The van der Waals surface area contributed by atoms with Gasteiger partial charge in [0.2, 0.25) is 0 Å². The van der Waals surface area contributed by atoms with Crippen molar-refractivity contribution in [2.75, 3.05) is 5.32 Å². The predicted octanol–water partition coefficient (Wildman–Crippen LogP) is 3.20. The predicted molar refractivity (Wildman–Crippen MR) is 68.6 cm³/mol. The molecule has 0 fully saturated rings. The largest absolute Gasteiger partial charge is 0.379 e. The van der Waals surface area contributed by atoms with Crippen LogP contribution in [0.15, 0.2) is 42.6 Å². The van der Waals surface area contributed by atoms with E-state index in [2.05, 4.69) is 66.5 Å². The highest BCUT2D eigenvalue weighted by molar-refractivity contribution is 5.51. The quantitative estimate of drug-likeness (QED) is 0.827. The second-order valence-electron chi connectivity index (χ2n) is 3.97. The first kappa shape index (κ1) is 10.8. The molecule has 0 atom stereocenters. The first-order valence-corrected chi connectivity index (χ1v) is 5.73. The zero-order valence-corrected chi connectivity index (χ0v) is 9.90. The molecule has 1 heterocycles. The van der Waals surface area contributed by atoms with Crippen LogP contribution in [0.3, 0.4) is 0 Å². The lowest BCUT2D eigenvalue weighted by Gasteiger charge is -2.11. The summed E-state index contributed by atoms with van der Waals surface area (Å²) in [6.45, 7) is 3.06. The number of nitrogens with zero attached hydrogens (tertiary/aromatic N) is 1. The fourth-order valence-electron chi connectivity index (χ4n) is 1.87. The Morgan fingerprint density at radius 1 is 1.12 bits per heavy atom. The van der Waals surface area contributed by atoms with E-state index in [1.165, 1.54) is 16.9 Å². The molecule has 0 unspecified atom stereocenters. The van der Waals surface area contributed by atoms with Crippen molar-refractivity contribution in [3.05, 3.63) is 53.9 Å². The van der Waals surface area contributed by atoms with E-state index < -0.39 is 0 Å². The summed E-state index contributed by atoms with van der Waals surface area (Å²) >= 11 is 0. The van der Waals surface area contributed by atoms with Crippen LogP contribution in [-0.4, -0.2) is 4.57 Å². The van der Waals surface area contributed by atoms with Crippen LogP contribution in [0.1, 0.15) is 18.2 Å². The van der Waals surface area contributed by atoms with Gasteiger partial charge >= 0.3 is 0 Å². The number of benzene rings is 1. The summed E-state index contributed by atoms with van der Waals surface area (Å²) in [5.41, 5.74) is 3.91. The standard InChI is InChI=1S/C14H18N2/c1-3-12-7-4-5-9-14(12)15-11-13-8-6-10-16(13)2/h4-10,15H,3,11H2,1-2H3. The molecule has 1 aromatic heterocycles. The summed E-state index contributed by atoms with van der Waals surface area (Å²) in [5.74, 6) is 0. The van der Waals surface area contributed by atoms with Crippen LogP contribution in [-0.2, 0) is 20.0 Å². The molecule has 2 heteroatoms. The Bertz CT molecular complexity index is 457. The van der Waals surface area contributed by atoms with Gasteiger partial charge in [-0.3, -0.25) is 0 Å². The van der Waals surface area contributed by atoms with Crippen LogP contribution in [0.2, 0.25) is 0 Å². The summed E-state index contributed by atoms with van der Waals surface area (Å²) in [5, 5.41) is 3.49. The van der Waals surface area contributed by atoms with Gasteiger partial charge in [0.05, 0.1) is 6.54 Å². The molecule has 0 aliphatic heterocycles. The van der Waals surface area contributed by atoms with Crippen molar-refractivity contribution in [2.24, 2.45) is 7.05 Å². The fourth-order valence-corrected chi connectivity index (χ4v) is 1.87. The fraction of sp³-hybridized carbons (Fsp3) is 0.286. The minimum absolute atomic E-state index is 0.876. The monoisotopic (exact) mass is 214 g/mol. The maximum Gasteiger partial charge on any atom is 0.0553 e. The average Bonchev–Trinajstić information content (AvgIpc) is 2.72. The third-order valence-electron chi connectivity index (χ3n) is 2.91. The van der Waals surface area contributed by atoms with Crippen molar-refractivity contribution in [1.29, 1.82) is 0 Å². The first-order chi connectivity index (χ1) is 7.81. The maximum absolute atomic E-state index is 3.49. The highest BCUT2D eigenvalue weighted by Crippen LogP contribution is 2.16. The molecular weight excluding hydrogens is 196 g/mol. The Morgan fingerprint density at radius 2 is 1.94 bits per heavy atom. The maximum atomic E-state index is 3.49. The van der Waals surface area contributed by atoms with Crippen molar-refractivity contribution in [1.82, 2.24) is 4.57 Å². The van der Waals surface area contributed by atoms with Crippen molar-refractivity contribution in [2.45, 2.75) is 19.9 Å². The van der Waals surface area contributed by atoms with E-state index in [0.29, 0.717) is 0 Å². The molecule has 1 aromatic carbocycles. The molecule has 0 saturated heterocycles. The molecule has 0 amide bonds. The van der Waals surface area contributed by atoms with Gasteiger partial charge in [-0.05, 0) is 30.2 Å². The molecule has 84 valence electrons. The molecule has 0 aliphatic rings. The van der Waals surface area contributed by atoms with Gasteiger partial charge in [-0.2, -0.15) is 0 Å². The van der Waals surface area contributed by atoms with E-state index in [9.17, 15) is 0 Å². The molecule has 0 radical (unpaired) electrons. The van der Waals surface area contributed by atoms with Gasteiger partial charge in [0.15, 0.2) is 0 Å². The van der Waals surface area contributed by atoms with Gasteiger partial charge in [-0.15, -0.1) is 0 Å². The second-order valence-corrected chi connectivity index (χ2v) is 3.97. The van der Waals surface area contributed by atoms with Gasteiger partial charge in [-0.25, -0.2) is 0 Å². The zero-order chi connectivity index (χ0) is 11.4. The summed E-state index contributed by atoms with van der Waals surface area (Å²) in [7, 11) is 2.07. The number of hydrogen-bond acceptors (Lipinski definition) is 1. The Kier molecular flexibility index (Phi) is 3.30. The molecule has 1 N–H and O–H groups in total. The van der Waals surface area contributed by atoms with Crippen molar-refractivity contribution in [3.8, 4) is 0 Å². The van der Waals surface area contributed by atoms with E-state index in [1.54, 1.807) is 0 Å². The van der Waals surface area contributed by atoms with Gasteiger partial charge in [-0.1, -0.05) is 25.1 Å². The Morgan fingerprint density at radius 3 is 2.62 bits per heavy atom. The van der Waals surface area contributed by atoms with Crippen molar-refractivity contribution in [3.63, 3.8) is 0 Å². The van der Waals surface area contributed by atoms with E-state index >= 15 is 0 Å². The van der Waals surface area contributed by atoms with Crippen LogP contribution < -0.4 is 5.32 Å². The van der Waals surface area contributed by atoms with Gasteiger partial charge in [0.25, 0.3) is 0 Å². The minimum Gasteiger partial charge on any atom is -0.379 e. The van der Waals surface area contributed by atoms with Crippen LogP contribution in [0.4, 0.5) is 5.69 Å². The van der Waals surface area contributed by atoms with E-state index in [4.69, 9.17) is 0 Å². The smallest absolute Gasteiger partial charge is 0.0553 e. The molecule has 16 heavy (non-hydrogen) atoms. The zero-order valence-electron chi connectivity index (χ0n) is 9.90. The van der Waals surface area contributed by atoms with Gasteiger partial charge < -0.3 is 9.88 Å². The number of anilines is 1.